The van der Waals surface area contributed by atoms with Crippen molar-refractivity contribution in [2.24, 2.45) is 5.73 Å². The van der Waals surface area contributed by atoms with Crippen LogP contribution in [0, 0.1) is 0 Å². The average molecular weight is 361 g/mol. The molecule has 2 aromatic carbocycles. The molecule has 0 aromatic heterocycles. The Morgan fingerprint density at radius 3 is 2.72 bits per heavy atom. The van der Waals surface area contributed by atoms with Crippen molar-refractivity contribution in [3.63, 3.8) is 0 Å². The molecule has 0 saturated heterocycles. The molecule has 0 aliphatic carbocycles. The lowest BCUT2D eigenvalue weighted by molar-refractivity contribution is 0.0766. The Labute approximate surface area is 150 Å². The molecular formula is C19H18ClFN2O2. The van der Waals surface area contributed by atoms with Crippen LogP contribution in [0.5, 0.6) is 5.75 Å². The van der Waals surface area contributed by atoms with Crippen LogP contribution in [0.3, 0.4) is 0 Å². The first kappa shape index (κ1) is 17.5. The Morgan fingerprint density at radius 1 is 1.28 bits per heavy atom. The molecule has 25 heavy (non-hydrogen) atoms. The van der Waals surface area contributed by atoms with Crippen molar-refractivity contribution in [2.45, 2.75) is 13.1 Å². The van der Waals surface area contributed by atoms with Crippen LogP contribution in [0.2, 0.25) is 5.02 Å². The van der Waals surface area contributed by atoms with E-state index in [0.717, 1.165) is 11.1 Å². The third-order valence-electron chi connectivity index (χ3n) is 4.08. The van der Waals surface area contributed by atoms with Crippen LogP contribution in [0.4, 0.5) is 4.39 Å². The van der Waals surface area contributed by atoms with Gasteiger partial charge in [0.05, 0.1) is 6.33 Å². The lowest BCUT2D eigenvalue weighted by Gasteiger charge is -2.15. The van der Waals surface area contributed by atoms with Crippen LogP contribution in [-0.4, -0.2) is 24.0 Å². The van der Waals surface area contributed by atoms with Gasteiger partial charge in [-0.25, -0.2) is 4.39 Å². The predicted molar refractivity (Wildman–Crippen MR) is 95.2 cm³/mol. The van der Waals surface area contributed by atoms with Crippen molar-refractivity contribution in [3.05, 3.63) is 76.1 Å². The molecule has 0 radical (unpaired) electrons. The second kappa shape index (κ2) is 7.68. The quantitative estimate of drug-likeness (QED) is 0.854. The van der Waals surface area contributed by atoms with E-state index in [1.54, 1.807) is 17.0 Å². The molecule has 2 aromatic rings. The molecule has 0 atom stereocenters. The van der Waals surface area contributed by atoms with Crippen molar-refractivity contribution in [1.82, 2.24) is 4.90 Å². The van der Waals surface area contributed by atoms with E-state index in [1.165, 1.54) is 0 Å². The van der Waals surface area contributed by atoms with Gasteiger partial charge in [0.15, 0.2) is 0 Å². The summed E-state index contributed by atoms with van der Waals surface area (Å²) in [5.74, 6) is 0.579. The normalized spacial score (nSPS) is 14.0. The summed E-state index contributed by atoms with van der Waals surface area (Å²) in [5.41, 5.74) is 8.37. The highest BCUT2D eigenvalue weighted by atomic mass is 35.5. The van der Waals surface area contributed by atoms with Crippen LogP contribution in [0.1, 0.15) is 21.5 Å². The van der Waals surface area contributed by atoms with Crippen molar-refractivity contribution < 1.29 is 13.9 Å². The van der Waals surface area contributed by atoms with E-state index in [4.69, 9.17) is 22.1 Å². The topological polar surface area (TPSA) is 55.6 Å². The highest BCUT2D eigenvalue weighted by Crippen LogP contribution is 2.28. The van der Waals surface area contributed by atoms with Gasteiger partial charge in [0.1, 0.15) is 12.4 Å². The molecule has 4 nitrogen and oxygen atoms in total. The maximum Gasteiger partial charge on any atom is 0.254 e. The van der Waals surface area contributed by atoms with Gasteiger partial charge in [-0.3, -0.25) is 4.79 Å². The minimum absolute atomic E-state index is 0.0113. The van der Waals surface area contributed by atoms with E-state index in [1.807, 2.05) is 30.3 Å². The van der Waals surface area contributed by atoms with Gasteiger partial charge in [0.25, 0.3) is 5.91 Å². The molecule has 0 bridgehead atoms. The van der Waals surface area contributed by atoms with Crippen LogP contribution >= 0.6 is 11.6 Å². The van der Waals surface area contributed by atoms with Gasteiger partial charge in [-0.05, 0) is 41.5 Å². The molecule has 2 N–H and O–H groups in total. The van der Waals surface area contributed by atoms with Crippen LogP contribution in [0.25, 0.3) is 0 Å². The van der Waals surface area contributed by atoms with Crippen molar-refractivity contribution in [3.8, 4) is 5.75 Å². The number of carbonyl (C=O) groups excluding carboxylic acids is 1. The Balaban J connectivity index is 1.69. The summed E-state index contributed by atoms with van der Waals surface area (Å²) in [5, 5.41) is 0.667. The number of hydrogen-bond acceptors (Lipinski definition) is 3. The number of benzene rings is 2. The van der Waals surface area contributed by atoms with Gasteiger partial charge in [-0.2, -0.15) is 0 Å². The molecule has 0 unspecified atom stereocenters. The summed E-state index contributed by atoms with van der Waals surface area (Å²) in [7, 11) is 0. The lowest BCUT2D eigenvalue weighted by atomic mass is 10.1. The third kappa shape index (κ3) is 4.00. The van der Waals surface area contributed by atoms with Crippen molar-refractivity contribution in [2.75, 3.05) is 13.2 Å². The molecule has 0 saturated carbocycles. The zero-order valence-electron chi connectivity index (χ0n) is 13.5. The molecule has 6 heteroatoms. The molecule has 0 fully saturated rings. The summed E-state index contributed by atoms with van der Waals surface area (Å²) in [6.07, 6.45) is 0.463. The monoisotopic (exact) mass is 360 g/mol. The van der Waals surface area contributed by atoms with E-state index in [9.17, 15) is 9.18 Å². The Hall–Kier alpha value is -2.37. The minimum Gasteiger partial charge on any atom is -0.489 e. The highest BCUT2D eigenvalue weighted by molar-refractivity contribution is 6.30. The smallest absolute Gasteiger partial charge is 0.254 e. The molecular weight excluding hydrogens is 343 g/mol. The second-order valence-corrected chi connectivity index (χ2v) is 6.30. The van der Waals surface area contributed by atoms with E-state index in [0.29, 0.717) is 41.3 Å². The zero-order valence-corrected chi connectivity index (χ0v) is 14.3. The largest absolute Gasteiger partial charge is 0.489 e. The van der Waals surface area contributed by atoms with Gasteiger partial charge < -0.3 is 15.4 Å². The van der Waals surface area contributed by atoms with Gasteiger partial charge in [0.2, 0.25) is 0 Å². The van der Waals surface area contributed by atoms with Crippen molar-refractivity contribution in [1.29, 1.82) is 0 Å². The predicted octanol–water partition coefficient (Wildman–Crippen LogP) is 3.69. The number of amides is 1. The summed E-state index contributed by atoms with van der Waals surface area (Å²) in [6.45, 7) is 1.22. The third-order valence-corrected chi connectivity index (χ3v) is 4.33. The van der Waals surface area contributed by atoms with E-state index < -0.39 is 0 Å². The molecule has 0 spiro atoms. The Morgan fingerprint density at radius 2 is 2.04 bits per heavy atom. The fourth-order valence-electron chi connectivity index (χ4n) is 2.70. The Bertz CT molecular complexity index is 806. The molecule has 3 rings (SSSR count). The zero-order chi connectivity index (χ0) is 17.8. The summed E-state index contributed by atoms with van der Waals surface area (Å²) in [4.78, 5) is 14.3. The highest BCUT2D eigenvalue weighted by Gasteiger charge is 2.27. The number of nitrogens with two attached hydrogens (primary N) is 1. The number of ether oxygens (including phenoxy) is 1. The number of fused-ring (bicyclic) bond motifs is 1. The van der Waals surface area contributed by atoms with Crippen molar-refractivity contribution >= 4 is 17.5 Å². The van der Waals surface area contributed by atoms with Gasteiger partial charge in [0, 0.05) is 35.8 Å². The van der Waals surface area contributed by atoms with Crippen LogP contribution in [0.15, 0.2) is 54.4 Å². The number of rotatable bonds is 6. The number of halogens is 2. The second-order valence-electron chi connectivity index (χ2n) is 5.87. The number of carbonyl (C=O) groups is 1. The molecule has 1 heterocycles. The SMILES string of the molecule is NC/C(=C\F)COc1ccc2c(c1)CN(Cc1ccc(Cl)cc1)C2=O. The average Bonchev–Trinajstić information content (AvgIpc) is 2.93. The summed E-state index contributed by atoms with van der Waals surface area (Å²) >= 11 is 5.89. The molecule has 1 aliphatic heterocycles. The van der Waals surface area contributed by atoms with E-state index in [2.05, 4.69) is 0 Å². The van der Waals surface area contributed by atoms with Crippen LogP contribution in [-0.2, 0) is 13.1 Å². The summed E-state index contributed by atoms with van der Waals surface area (Å²) < 4.78 is 18.1. The maximum absolute atomic E-state index is 12.5. The number of hydrogen-bond donors (Lipinski definition) is 1. The maximum atomic E-state index is 12.5. The van der Waals surface area contributed by atoms with E-state index in [-0.39, 0.29) is 19.1 Å². The van der Waals surface area contributed by atoms with Crippen LogP contribution < -0.4 is 10.5 Å². The van der Waals surface area contributed by atoms with Gasteiger partial charge >= 0.3 is 0 Å². The van der Waals surface area contributed by atoms with E-state index >= 15 is 0 Å². The molecule has 130 valence electrons. The van der Waals surface area contributed by atoms with Gasteiger partial charge in [-0.15, -0.1) is 0 Å². The Kier molecular flexibility index (Phi) is 5.36. The summed E-state index contributed by atoms with van der Waals surface area (Å²) in [6, 6.07) is 12.7. The minimum atomic E-state index is -0.0113. The standard InChI is InChI=1S/C19H18ClFN2O2/c20-16-3-1-13(2-4-16)10-23-11-15-7-17(5-6-18(15)19(23)24)25-12-14(8-21)9-22/h1-8H,9-12,22H2/b14-8+. The first-order valence-electron chi connectivity index (χ1n) is 7.88. The van der Waals surface area contributed by atoms with Gasteiger partial charge in [-0.1, -0.05) is 23.7 Å². The first-order valence-corrected chi connectivity index (χ1v) is 8.26. The fraction of sp³-hybridized carbons (Fsp3) is 0.211. The fourth-order valence-corrected chi connectivity index (χ4v) is 2.82. The first-order chi connectivity index (χ1) is 12.1. The number of nitrogens with zero attached hydrogens (tertiary/aromatic N) is 1. The molecule has 1 aliphatic rings. The lowest BCUT2D eigenvalue weighted by Crippen LogP contribution is -2.23. The molecule has 1 amide bonds.